The van der Waals surface area contributed by atoms with Crippen molar-refractivity contribution in [3.05, 3.63) is 42.4 Å². The van der Waals surface area contributed by atoms with Gasteiger partial charge in [0.1, 0.15) is 11.1 Å². The molecule has 1 aliphatic rings. The van der Waals surface area contributed by atoms with Gasteiger partial charge in [0.2, 0.25) is 5.88 Å². The summed E-state index contributed by atoms with van der Waals surface area (Å²) in [6.07, 6.45) is 5.93. The van der Waals surface area contributed by atoms with Crippen LogP contribution in [0, 0.1) is 5.92 Å². The number of piperidine rings is 1. The van der Waals surface area contributed by atoms with Crippen LogP contribution in [-0.4, -0.2) is 35.0 Å². The highest BCUT2D eigenvalue weighted by molar-refractivity contribution is 6.15. The molecule has 0 spiro atoms. The van der Waals surface area contributed by atoms with Crippen molar-refractivity contribution in [1.82, 2.24) is 9.97 Å². The van der Waals surface area contributed by atoms with Crippen molar-refractivity contribution in [3.63, 3.8) is 0 Å². The van der Waals surface area contributed by atoms with Gasteiger partial charge in [-0.1, -0.05) is 6.92 Å². The van der Waals surface area contributed by atoms with Gasteiger partial charge in [0.25, 0.3) is 5.91 Å². The standard InChI is InChI=1S/C19H22N6O2/c1-11-7-12(20)10-25(9-11)14-4-6-22-8-13(14)24-19(26)16-17-15(27-18(16)21)3-2-5-23-17/h2-6,8,11-12H,7,9-10,20-21H2,1H3,(H,24,26)/t11-,12+/m1/s1. The molecule has 3 aromatic rings. The number of nitrogens with one attached hydrogen (secondary N) is 1. The molecule has 8 heteroatoms. The fraction of sp³-hybridized carbons (Fsp3) is 0.316. The molecule has 1 aliphatic heterocycles. The lowest BCUT2D eigenvalue weighted by Gasteiger charge is -2.37. The van der Waals surface area contributed by atoms with Gasteiger partial charge in [0.05, 0.1) is 17.6 Å². The minimum atomic E-state index is -0.381. The predicted octanol–water partition coefficient (Wildman–Crippen LogP) is 2.23. The number of nitrogen functional groups attached to an aromatic ring is 1. The molecule has 1 fully saturated rings. The third kappa shape index (κ3) is 3.31. The average molecular weight is 366 g/mol. The van der Waals surface area contributed by atoms with Crippen molar-refractivity contribution in [1.29, 1.82) is 0 Å². The Morgan fingerprint density at radius 3 is 3.00 bits per heavy atom. The molecule has 2 atom stereocenters. The van der Waals surface area contributed by atoms with Gasteiger partial charge in [-0.15, -0.1) is 0 Å². The summed E-state index contributed by atoms with van der Waals surface area (Å²) in [7, 11) is 0. The summed E-state index contributed by atoms with van der Waals surface area (Å²) >= 11 is 0. The first kappa shape index (κ1) is 17.3. The lowest BCUT2D eigenvalue weighted by Crippen LogP contribution is -2.46. The van der Waals surface area contributed by atoms with Gasteiger partial charge in [-0.2, -0.15) is 0 Å². The first-order valence-corrected chi connectivity index (χ1v) is 8.92. The molecule has 27 heavy (non-hydrogen) atoms. The molecule has 0 unspecified atom stereocenters. The van der Waals surface area contributed by atoms with Gasteiger partial charge >= 0.3 is 0 Å². The summed E-state index contributed by atoms with van der Waals surface area (Å²) in [5, 5.41) is 2.91. The molecule has 1 amide bonds. The molecule has 140 valence electrons. The Morgan fingerprint density at radius 2 is 2.19 bits per heavy atom. The zero-order valence-corrected chi connectivity index (χ0v) is 15.1. The zero-order chi connectivity index (χ0) is 19.0. The maximum absolute atomic E-state index is 12.9. The van der Waals surface area contributed by atoms with E-state index in [1.54, 1.807) is 30.7 Å². The Balaban J connectivity index is 1.65. The number of nitrogens with two attached hydrogens (primary N) is 2. The molecule has 5 N–H and O–H groups in total. The highest BCUT2D eigenvalue weighted by Gasteiger charge is 2.26. The van der Waals surface area contributed by atoms with Crippen LogP contribution in [0.2, 0.25) is 0 Å². The van der Waals surface area contributed by atoms with E-state index in [-0.39, 0.29) is 23.4 Å². The quantitative estimate of drug-likeness (QED) is 0.649. The first-order chi connectivity index (χ1) is 13.0. The smallest absolute Gasteiger partial charge is 0.263 e. The number of pyridine rings is 2. The van der Waals surface area contributed by atoms with E-state index in [9.17, 15) is 4.79 Å². The molecule has 0 aliphatic carbocycles. The molecular formula is C19H22N6O2. The van der Waals surface area contributed by atoms with Crippen LogP contribution >= 0.6 is 0 Å². The number of anilines is 3. The second-order valence-electron chi connectivity index (χ2n) is 7.04. The molecule has 0 aromatic carbocycles. The number of nitrogens with zero attached hydrogens (tertiary/aromatic N) is 3. The fourth-order valence-electron chi connectivity index (χ4n) is 3.71. The Labute approximate surface area is 156 Å². The molecule has 3 aromatic heterocycles. The zero-order valence-electron chi connectivity index (χ0n) is 15.1. The van der Waals surface area contributed by atoms with E-state index in [0.29, 0.717) is 22.7 Å². The van der Waals surface area contributed by atoms with Crippen LogP contribution in [0.5, 0.6) is 0 Å². The second kappa shape index (κ2) is 6.88. The number of rotatable bonds is 3. The van der Waals surface area contributed by atoms with E-state index in [0.717, 1.165) is 25.2 Å². The molecule has 4 rings (SSSR count). The number of hydrogen-bond donors (Lipinski definition) is 3. The Morgan fingerprint density at radius 1 is 1.33 bits per heavy atom. The van der Waals surface area contributed by atoms with Crippen molar-refractivity contribution in [2.75, 3.05) is 29.0 Å². The Bertz CT molecular complexity index is 975. The van der Waals surface area contributed by atoms with E-state index in [4.69, 9.17) is 15.9 Å². The first-order valence-electron chi connectivity index (χ1n) is 8.92. The Kier molecular flexibility index (Phi) is 4.41. The third-order valence-electron chi connectivity index (χ3n) is 4.78. The summed E-state index contributed by atoms with van der Waals surface area (Å²) in [5.41, 5.74) is 14.7. The van der Waals surface area contributed by atoms with E-state index < -0.39 is 0 Å². The highest BCUT2D eigenvalue weighted by Crippen LogP contribution is 2.31. The van der Waals surface area contributed by atoms with Crippen molar-refractivity contribution < 1.29 is 9.21 Å². The van der Waals surface area contributed by atoms with Crippen molar-refractivity contribution in [2.24, 2.45) is 11.7 Å². The highest BCUT2D eigenvalue weighted by atomic mass is 16.3. The number of fused-ring (bicyclic) bond motifs is 1. The molecule has 0 bridgehead atoms. The SMILES string of the molecule is C[C@@H]1C[C@H](N)CN(c2ccncc2NC(=O)c2c(N)oc3cccnc23)C1. The molecule has 0 saturated carbocycles. The van der Waals surface area contributed by atoms with Crippen LogP contribution in [0.1, 0.15) is 23.7 Å². The minimum Gasteiger partial charge on any atom is -0.438 e. The van der Waals surface area contributed by atoms with Gasteiger partial charge in [0, 0.05) is 31.5 Å². The van der Waals surface area contributed by atoms with Crippen molar-refractivity contribution in [2.45, 2.75) is 19.4 Å². The van der Waals surface area contributed by atoms with Gasteiger partial charge in [-0.25, -0.2) is 0 Å². The lowest BCUT2D eigenvalue weighted by atomic mass is 9.96. The number of hydrogen-bond acceptors (Lipinski definition) is 7. The van der Waals surface area contributed by atoms with Crippen LogP contribution in [0.4, 0.5) is 17.3 Å². The third-order valence-corrected chi connectivity index (χ3v) is 4.78. The number of carbonyl (C=O) groups is 1. The normalized spacial score (nSPS) is 20.0. The predicted molar refractivity (Wildman–Crippen MR) is 105 cm³/mol. The lowest BCUT2D eigenvalue weighted by molar-refractivity contribution is 0.102. The van der Waals surface area contributed by atoms with Gasteiger partial charge in [-0.3, -0.25) is 14.8 Å². The van der Waals surface area contributed by atoms with E-state index in [2.05, 4.69) is 27.1 Å². The monoisotopic (exact) mass is 366 g/mol. The van der Waals surface area contributed by atoms with Crippen molar-refractivity contribution in [3.8, 4) is 0 Å². The van der Waals surface area contributed by atoms with Gasteiger partial charge in [-0.05, 0) is 30.5 Å². The number of aromatic nitrogens is 2. The van der Waals surface area contributed by atoms with Crippen LogP contribution < -0.4 is 21.7 Å². The van der Waals surface area contributed by atoms with Crippen LogP contribution in [0.15, 0.2) is 41.2 Å². The van der Waals surface area contributed by atoms with Crippen LogP contribution in [0.25, 0.3) is 11.1 Å². The summed E-state index contributed by atoms with van der Waals surface area (Å²) < 4.78 is 5.44. The molecule has 8 nitrogen and oxygen atoms in total. The number of furan rings is 1. The summed E-state index contributed by atoms with van der Waals surface area (Å²) in [6.45, 7) is 3.78. The summed E-state index contributed by atoms with van der Waals surface area (Å²) in [4.78, 5) is 23.5. The van der Waals surface area contributed by atoms with E-state index in [1.165, 1.54) is 0 Å². The summed E-state index contributed by atoms with van der Waals surface area (Å²) in [5.74, 6) is 0.136. The minimum absolute atomic E-state index is 0.0419. The van der Waals surface area contributed by atoms with Gasteiger partial charge in [0.15, 0.2) is 5.58 Å². The van der Waals surface area contributed by atoms with Gasteiger partial charge < -0.3 is 26.1 Å². The molecular weight excluding hydrogens is 344 g/mol. The average Bonchev–Trinajstić information content (AvgIpc) is 2.97. The number of amides is 1. The van der Waals surface area contributed by atoms with E-state index >= 15 is 0 Å². The molecule has 1 saturated heterocycles. The van der Waals surface area contributed by atoms with Crippen LogP contribution in [0.3, 0.4) is 0 Å². The number of carbonyl (C=O) groups excluding carboxylic acids is 1. The maximum Gasteiger partial charge on any atom is 0.263 e. The summed E-state index contributed by atoms with van der Waals surface area (Å²) in [6, 6.07) is 5.44. The topological polar surface area (TPSA) is 123 Å². The molecule has 0 radical (unpaired) electrons. The van der Waals surface area contributed by atoms with Crippen LogP contribution in [-0.2, 0) is 0 Å². The largest absolute Gasteiger partial charge is 0.438 e. The second-order valence-corrected chi connectivity index (χ2v) is 7.04. The fourth-order valence-corrected chi connectivity index (χ4v) is 3.71. The van der Waals surface area contributed by atoms with E-state index in [1.807, 2.05) is 6.07 Å². The molecule has 4 heterocycles. The Hall–Kier alpha value is -3.13. The maximum atomic E-state index is 12.9. The van der Waals surface area contributed by atoms with Crippen molar-refractivity contribution >= 4 is 34.3 Å².